The maximum Gasteiger partial charge on any atom is 0.254 e. The summed E-state index contributed by atoms with van der Waals surface area (Å²) in [5.41, 5.74) is 1.49. The third-order valence-electron chi connectivity index (χ3n) is 6.25. The van der Waals surface area contributed by atoms with E-state index in [1.54, 1.807) is 78.3 Å². The minimum Gasteiger partial charge on any atom is -0.491 e. The van der Waals surface area contributed by atoms with Crippen molar-refractivity contribution in [2.45, 2.75) is 19.0 Å². The smallest absolute Gasteiger partial charge is 0.254 e. The van der Waals surface area contributed by atoms with Gasteiger partial charge in [-0.15, -0.1) is 11.3 Å². The van der Waals surface area contributed by atoms with E-state index >= 15 is 0 Å². The van der Waals surface area contributed by atoms with E-state index in [0.717, 1.165) is 12.0 Å². The first-order chi connectivity index (χ1) is 18.0. The number of fused-ring (bicyclic) bond motifs is 1. The Morgan fingerprint density at radius 3 is 2.65 bits per heavy atom. The van der Waals surface area contributed by atoms with Crippen molar-refractivity contribution in [3.63, 3.8) is 0 Å². The van der Waals surface area contributed by atoms with Crippen molar-refractivity contribution in [1.29, 1.82) is 0 Å². The second kappa shape index (κ2) is 11.4. The van der Waals surface area contributed by atoms with E-state index < -0.39 is 0 Å². The van der Waals surface area contributed by atoms with Crippen molar-refractivity contribution in [3.8, 4) is 5.75 Å². The fraction of sp³-hybridized carbons (Fsp3) is 0.214. The van der Waals surface area contributed by atoms with Gasteiger partial charge in [-0.05, 0) is 78.0 Å². The second-order valence-corrected chi connectivity index (χ2v) is 10.5. The standard InChI is InChI=1S/C28H24Cl2N2O4S/c29-20-6-8-22(9-7-20)36-18-25-24-11-14-37-26(24)10-12-32(25)27(33)17-31(16-23-5-2-13-35-23)28(34)19-3-1-4-21(30)15-19/h1-9,11,13-15,25H,10,12,16-18H2/t25-/m1/s1. The molecule has 2 amide bonds. The third-order valence-corrected chi connectivity index (χ3v) is 7.73. The molecule has 9 heteroatoms. The van der Waals surface area contributed by atoms with Crippen molar-refractivity contribution in [3.05, 3.63) is 110 Å². The Balaban J connectivity index is 1.37. The number of hydrogen-bond donors (Lipinski definition) is 0. The molecule has 0 saturated heterocycles. The van der Waals surface area contributed by atoms with Crippen LogP contribution in [0, 0.1) is 0 Å². The molecule has 2 aromatic heterocycles. The molecule has 0 spiro atoms. The molecule has 3 heterocycles. The lowest BCUT2D eigenvalue weighted by Gasteiger charge is -2.37. The molecular weight excluding hydrogens is 531 g/mol. The zero-order chi connectivity index (χ0) is 25.8. The van der Waals surface area contributed by atoms with Crippen LogP contribution < -0.4 is 4.74 Å². The molecule has 0 bridgehead atoms. The van der Waals surface area contributed by atoms with E-state index in [-0.39, 0.29) is 37.6 Å². The molecule has 0 radical (unpaired) electrons. The van der Waals surface area contributed by atoms with Gasteiger partial charge >= 0.3 is 0 Å². The van der Waals surface area contributed by atoms with Crippen molar-refractivity contribution >= 4 is 46.4 Å². The number of ether oxygens (including phenoxy) is 1. The predicted octanol–water partition coefficient (Wildman–Crippen LogP) is 6.50. The normalized spacial score (nSPS) is 14.8. The van der Waals surface area contributed by atoms with E-state index in [9.17, 15) is 9.59 Å². The molecule has 0 aliphatic carbocycles. The molecule has 37 heavy (non-hydrogen) atoms. The molecule has 0 N–H and O–H groups in total. The monoisotopic (exact) mass is 554 g/mol. The number of carbonyl (C=O) groups is 2. The zero-order valence-corrected chi connectivity index (χ0v) is 22.1. The molecule has 1 aliphatic heterocycles. The highest BCUT2D eigenvalue weighted by atomic mass is 35.5. The molecule has 0 fully saturated rings. The third kappa shape index (κ3) is 6.01. The number of amides is 2. The van der Waals surface area contributed by atoms with Gasteiger partial charge in [-0.3, -0.25) is 9.59 Å². The van der Waals surface area contributed by atoms with Crippen LogP contribution in [-0.2, 0) is 17.8 Å². The number of nitrogens with zero attached hydrogens (tertiary/aromatic N) is 2. The highest BCUT2D eigenvalue weighted by Gasteiger charge is 2.34. The van der Waals surface area contributed by atoms with Crippen molar-refractivity contribution in [1.82, 2.24) is 9.80 Å². The number of benzene rings is 2. The Kier molecular flexibility index (Phi) is 7.84. The predicted molar refractivity (Wildman–Crippen MR) is 144 cm³/mol. The number of furan rings is 1. The van der Waals surface area contributed by atoms with Crippen molar-refractivity contribution in [2.75, 3.05) is 19.7 Å². The summed E-state index contributed by atoms with van der Waals surface area (Å²) in [5.74, 6) is 0.803. The van der Waals surface area contributed by atoms with E-state index in [1.165, 1.54) is 9.78 Å². The van der Waals surface area contributed by atoms with Crippen LogP contribution >= 0.6 is 34.5 Å². The Hall–Kier alpha value is -3.26. The lowest BCUT2D eigenvalue weighted by Crippen LogP contribution is -2.47. The molecular formula is C28H24Cl2N2O4S. The zero-order valence-electron chi connectivity index (χ0n) is 19.8. The Morgan fingerprint density at radius 1 is 1.05 bits per heavy atom. The minimum atomic E-state index is -0.297. The molecule has 5 rings (SSSR count). The quantitative estimate of drug-likeness (QED) is 0.249. The van der Waals surface area contributed by atoms with Crippen LogP contribution in [0.15, 0.2) is 82.8 Å². The summed E-state index contributed by atoms with van der Waals surface area (Å²) in [6.45, 7) is 0.884. The van der Waals surface area contributed by atoms with E-state index in [1.807, 2.05) is 16.3 Å². The van der Waals surface area contributed by atoms with Crippen LogP contribution in [0.25, 0.3) is 0 Å². The van der Waals surface area contributed by atoms with Gasteiger partial charge in [-0.1, -0.05) is 29.3 Å². The number of carbonyl (C=O) groups excluding carboxylic acids is 2. The van der Waals surface area contributed by atoms with Gasteiger partial charge in [0, 0.05) is 27.0 Å². The first-order valence-corrected chi connectivity index (χ1v) is 13.4. The molecule has 0 unspecified atom stereocenters. The fourth-order valence-corrected chi connectivity index (χ4v) is 5.67. The average molecular weight is 555 g/mol. The summed E-state index contributed by atoms with van der Waals surface area (Å²) >= 11 is 13.8. The van der Waals surface area contributed by atoms with Gasteiger partial charge in [0.15, 0.2) is 0 Å². The molecule has 4 aromatic rings. The minimum absolute atomic E-state index is 0.108. The van der Waals surface area contributed by atoms with Crippen LogP contribution in [0.3, 0.4) is 0 Å². The maximum absolute atomic E-state index is 13.7. The molecule has 1 aliphatic rings. The number of thiophene rings is 1. The fourth-order valence-electron chi connectivity index (χ4n) is 4.43. The molecule has 0 saturated carbocycles. The Morgan fingerprint density at radius 2 is 1.89 bits per heavy atom. The second-order valence-electron chi connectivity index (χ2n) is 8.67. The van der Waals surface area contributed by atoms with Gasteiger partial charge in [0.1, 0.15) is 24.7 Å². The number of rotatable bonds is 8. The van der Waals surface area contributed by atoms with Gasteiger partial charge in [0.25, 0.3) is 5.91 Å². The number of halogens is 2. The van der Waals surface area contributed by atoms with E-state index in [2.05, 4.69) is 0 Å². The van der Waals surface area contributed by atoms with Crippen LogP contribution in [0.1, 0.15) is 32.6 Å². The first-order valence-electron chi connectivity index (χ1n) is 11.8. The SMILES string of the molecule is O=C(c1cccc(Cl)c1)N(CC(=O)N1CCc2sccc2[C@H]1COc1ccc(Cl)cc1)Cc1ccco1. The lowest BCUT2D eigenvalue weighted by molar-refractivity contribution is -0.135. The van der Waals surface area contributed by atoms with Gasteiger partial charge in [0.2, 0.25) is 5.91 Å². The highest BCUT2D eigenvalue weighted by molar-refractivity contribution is 7.10. The molecule has 2 aromatic carbocycles. The first kappa shape index (κ1) is 25.4. The Labute approximate surface area is 229 Å². The summed E-state index contributed by atoms with van der Waals surface area (Å²) in [6.07, 6.45) is 2.31. The average Bonchev–Trinajstić information content (AvgIpc) is 3.59. The summed E-state index contributed by atoms with van der Waals surface area (Å²) < 4.78 is 11.6. The van der Waals surface area contributed by atoms with Gasteiger partial charge < -0.3 is 19.0 Å². The topological polar surface area (TPSA) is 63.0 Å². The van der Waals surface area contributed by atoms with Crippen LogP contribution in [0.2, 0.25) is 10.0 Å². The van der Waals surface area contributed by atoms with Gasteiger partial charge in [0.05, 0.1) is 18.8 Å². The largest absolute Gasteiger partial charge is 0.491 e. The summed E-state index contributed by atoms with van der Waals surface area (Å²) in [6, 6.07) is 19.2. The summed E-state index contributed by atoms with van der Waals surface area (Å²) in [7, 11) is 0. The molecule has 6 nitrogen and oxygen atoms in total. The van der Waals surface area contributed by atoms with Crippen LogP contribution in [-0.4, -0.2) is 41.3 Å². The van der Waals surface area contributed by atoms with Crippen molar-refractivity contribution in [2.24, 2.45) is 0 Å². The van der Waals surface area contributed by atoms with Crippen molar-refractivity contribution < 1.29 is 18.7 Å². The molecule has 190 valence electrons. The maximum atomic E-state index is 13.7. The van der Waals surface area contributed by atoms with E-state index in [4.69, 9.17) is 32.4 Å². The number of hydrogen-bond acceptors (Lipinski definition) is 5. The van der Waals surface area contributed by atoms with Crippen LogP contribution in [0.5, 0.6) is 5.75 Å². The highest BCUT2D eigenvalue weighted by Crippen LogP contribution is 2.34. The summed E-state index contributed by atoms with van der Waals surface area (Å²) in [5, 5.41) is 3.12. The van der Waals surface area contributed by atoms with E-state index in [0.29, 0.717) is 33.7 Å². The summed E-state index contributed by atoms with van der Waals surface area (Å²) in [4.78, 5) is 31.7. The molecule has 1 atom stereocenters. The Bertz CT molecular complexity index is 1370. The van der Waals surface area contributed by atoms with Crippen LogP contribution in [0.4, 0.5) is 0 Å². The van der Waals surface area contributed by atoms with Gasteiger partial charge in [-0.25, -0.2) is 0 Å². The van der Waals surface area contributed by atoms with Gasteiger partial charge in [-0.2, -0.15) is 0 Å². The lowest BCUT2D eigenvalue weighted by atomic mass is 10.0.